The lowest BCUT2D eigenvalue weighted by molar-refractivity contribution is 0.0587. The fourth-order valence-corrected chi connectivity index (χ4v) is 3.47. The monoisotopic (exact) mass is 371 g/mol. The second-order valence-electron chi connectivity index (χ2n) is 6.98. The Bertz CT molecular complexity index is 779. The van der Waals surface area contributed by atoms with E-state index in [0.29, 0.717) is 37.9 Å². The van der Waals surface area contributed by atoms with Gasteiger partial charge in [-0.25, -0.2) is 0 Å². The summed E-state index contributed by atoms with van der Waals surface area (Å²) in [7, 11) is 0. The minimum absolute atomic E-state index is 0.0873. The van der Waals surface area contributed by atoms with Gasteiger partial charge in [0.2, 0.25) is 5.76 Å². The van der Waals surface area contributed by atoms with E-state index in [2.05, 4.69) is 32.9 Å². The van der Waals surface area contributed by atoms with Crippen LogP contribution >= 0.6 is 0 Å². The highest BCUT2D eigenvalue weighted by atomic mass is 16.5. The number of piperazine rings is 1. The summed E-state index contributed by atoms with van der Waals surface area (Å²) in [6.45, 7) is 8.80. The standard InChI is InChI=1S/C19H25N5O3/c1-15-3-2-4-20-16(15)14-22-5-7-24(8-6-22)19(25)17-13-18(21-27-17)23-9-11-26-12-10-23/h2-4,13H,5-12,14H2,1H3. The van der Waals surface area contributed by atoms with Crippen molar-refractivity contribution in [1.29, 1.82) is 0 Å². The predicted octanol–water partition coefficient (Wildman–Crippen LogP) is 1.17. The van der Waals surface area contributed by atoms with E-state index in [1.807, 2.05) is 17.2 Å². The van der Waals surface area contributed by atoms with Crippen LogP contribution in [0.3, 0.4) is 0 Å². The topological polar surface area (TPSA) is 74.9 Å². The molecule has 0 aliphatic carbocycles. The molecule has 0 saturated carbocycles. The Kier molecular flexibility index (Phi) is 5.35. The van der Waals surface area contributed by atoms with Crippen molar-refractivity contribution in [3.05, 3.63) is 41.4 Å². The van der Waals surface area contributed by atoms with Crippen LogP contribution in [0.4, 0.5) is 5.82 Å². The molecule has 0 unspecified atom stereocenters. The number of carbonyl (C=O) groups excluding carboxylic acids is 1. The molecule has 0 radical (unpaired) electrons. The number of rotatable bonds is 4. The van der Waals surface area contributed by atoms with Crippen LogP contribution in [0.1, 0.15) is 21.8 Å². The van der Waals surface area contributed by atoms with Gasteiger partial charge in [0.15, 0.2) is 5.82 Å². The largest absolute Gasteiger partial charge is 0.378 e. The molecule has 4 heterocycles. The van der Waals surface area contributed by atoms with Crippen molar-refractivity contribution in [3.63, 3.8) is 0 Å². The van der Waals surface area contributed by atoms with Crippen LogP contribution in [-0.2, 0) is 11.3 Å². The molecule has 2 fully saturated rings. The van der Waals surface area contributed by atoms with Crippen LogP contribution in [0.2, 0.25) is 0 Å². The van der Waals surface area contributed by atoms with E-state index in [4.69, 9.17) is 9.26 Å². The van der Waals surface area contributed by atoms with E-state index in [1.165, 1.54) is 5.56 Å². The molecule has 0 bridgehead atoms. The van der Waals surface area contributed by atoms with Gasteiger partial charge in [-0.2, -0.15) is 0 Å². The summed E-state index contributed by atoms with van der Waals surface area (Å²) in [5.41, 5.74) is 2.30. The second kappa shape index (κ2) is 8.06. The Hall–Kier alpha value is -2.45. The van der Waals surface area contributed by atoms with E-state index in [9.17, 15) is 4.79 Å². The van der Waals surface area contributed by atoms with Crippen molar-refractivity contribution in [2.75, 3.05) is 57.4 Å². The van der Waals surface area contributed by atoms with E-state index >= 15 is 0 Å². The second-order valence-corrected chi connectivity index (χ2v) is 6.98. The lowest BCUT2D eigenvalue weighted by atomic mass is 10.2. The number of hydrogen-bond donors (Lipinski definition) is 0. The quantitative estimate of drug-likeness (QED) is 0.799. The van der Waals surface area contributed by atoms with E-state index < -0.39 is 0 Å². The number of ether oxygens (including phenoxy) is 1. The predicted molar refractivity (Wildman–Crippen MR) is 99.7 cm³/mol. The number of aromatic nitrogens is 2. The Morgan fingerprint density at radius 3 is 2.67 bits per heavy atom. The highest BCUT2D eigenvalue weighted by Crippen LogP contribution is 2.18. The van der Waals surface area contributed by atoms with Crippen molar-refractivity contribution < 1.29 is 14.1 Å². The SMILES string of the molecule is Cc1cccnc1CN1CCN(C(=O)c2cc(N3CCOCC3)no2)CC1. The Balaban J connectivity index is 1.32. The number of nitrogens with zero attached hydrogens (tertiary/aromatic N) is 5. The van der Waals surface area contributed by atoms with Crippen LogP contribution < -0.4 is 4.90 Å². The number of anilines is 1. The smallest absolute Gasteiger partial charge is 0.292 e. The molecular weight excluding hydrogens is 346 g/mol. The molecule has 8 nitrogen and oxygen atoms in total. The van der Waals surface area contributed by atoms with Crippen LogP contribution in [0.5, 0.6) is 0 Å². The van der Waals surface area contributed by atoms with Crippen molar-refractivity contribution in [3.8, 4) is 0 Å². The molecule has 0 N–H and O–H groups in total. The number of morpholine rings is 1. The van der Waals surface area contributed by atoms with Gasteiger partial charge in [-0.3, -0.25) is 14.7 Å². The highest BCUT2D eigenvalue weighted by Gasteiger charge is 2.26. The summed E-state index contributed by atoms with van der Waals surface area (Å²) in [4.78, 5) is 23.4. The maximum Gasteiger partial charge on any atom is 0.292 e. The fourth-order valence-electron chi connectivity index (χ4n) is 3.47. The molecule has 1 amide bonds. The van der Waals surface area contributed by atoms with E-state index in [1.54, 1.807) is 6.07 Å². The average molecular weight is 371 g/mol. The van der Waals surface area contributed by atoms with Gasteiger partial charge < -0.3 is 19.1 Å². The van der Waals surface area contributed by atoms with Gasteiger partial charge in [-0.05, 0) is 18.6 Å². The highest BCUT2D eigenvalue weighted by molar-refractivity contribution is 5.92. The van der Waals surface area contributed by atoms with Gasteiger partial charge in [-0.1, -0.05) is 11.2 Å². The number of hydrogen-bond acceptors (Lipinski definition) is 7. The lowest BCUT2D eigenvalue weighted by Gasteiger charge is -2.34. The first-order valence-corrected chi connectivity index (χ1v) is 9.42. The van der Waals surface area contributed by atoms with Gasteiger partial charge >= 0.3 is 0 Å². The van der Waals surface area contributed by atoms with Crippen LogP contribution in [-0.4, -0.2) is 78.3 Å². The molecule has 2 aliphatic rings. The molecule has 4 rings (SSSR count). The molecule has 2 aromatic rings. The van der Waals surface area contributed by atoms with E-state index in [-0.39, 0.29) is 5.91 Å². The average Bonchev–Trinajstić information content (AvgIpc) is 3.21. The number of aryl methyl sites for hydroxylation is 1. The normalized spacial score (nSPS) is 18.7. The van der Waals surface area contributed by atoms with Gasteiger partial charge in [-0.15, -0.1) is 0 Å². The summed E-state index contributed by atoms with van der Waals surface area (Å²) in [5, 5.41) is 4.07. The molecule has 8 heteroatoms. The van der Waals surface area contributed by atoms with Crippen LogP contribution in [0.15, 0.2) is 28.9 Å². The summed E-state index contributed by atoms with van der Waals surface area (Å²) < 4.78 is 10.7. The number of carbonyl (C=O) groups is 1. The summed E-state index contributed by atoms with van der Waals surface area (Å²) in [6.07, 6.45) is 1.83. The van der Waals surface area contributed by atoms with Crippen molar-refractivity contribution >= 4 is 11.7 Å². The molecule has 2 saturated heterocycles. The Morgan fingerprint density at radius 2 is 1.93 bits per heavy atom. The molecule has 0 atom stereocenters. The van der Waals surface area contributed by atoms with Gasteiger partial charge in [0, 0.05) is 58.1 Å². The lowest BCUT2D eigenvalue weighted by Crippen LogP contribution is -2.48. The van der Waals surface area contributed by atoms with Gasteiger partial charge in [0.05, 0.1) is 18.9 Å². The number of pyridine rings is 1. The molecule has 144 valence electrons. The molecular formula is C19H25N5O3. The minimum atomic E-state index is -0.0873. The first-order chi connectivity index (χ1) is 13.2. The van der Waals surface area contributed by atoms with E-state index in [0.717, 1.165) is 38.4 Å². The van der Waals surface area contributed by atoms with Crippen LogP contribution in [0, 0.1) is 6.92 Å². The first kappa shape index (κ1) is 17.9. The maximum absolute atomic E-state index is 12.7. The Labute approximate surface area is 158 Å². The summed E-state index contributed by atoms with van der Waals surface area (Å²) >= 11 is 0. The zero-order valence-electron chi connectivity index (χ0n) is 15.6. The maximum atomic E-state index is 12.7. The fraction of sp³-hybridized carbons (Fsp3) is 0.526. The zero-order chi connectivity index (χ0) is 18.6. The molecule has 0 aromatic carbocycles. The van der Waals surface area contributed by atoms with Gasteiger partial charge in [0.25, 0.3) is 5.91 Å². The zero-order valence-corrected chi connectivity index (χ0v) is 15.6. The van der Waals surface area contributed by atoms with Crippen molar-refractivity contribution in [2.45, 2.75) is 13.5 Å². The third-order valence-electron chi connectivity index (χ3n) is 5.19. The third-order valence-corrected chi connectivity index (χ3v) is 5.19. The van der Waals surface area contributed by atoms with Gasteiger partial charge in [0.1, 0.15) is 0 Å². The molecule has 27 heavy (non-hydrogen) atoms. The third kappa shape index (κ3) is 4.12. The molecule has 0 spiro atoms. The van der Waals surface area contributed by atoms with Crippen molar-refractivity contribution in [1.82, 2.24) is 19.9 Å². The molecule has 2 aliphatic heterocycles. The minimum Gasteiger partial charge on any atom is -0.378 e. The van der Waals surface area contributed by atoms with Crippen LogP contribution in [0.25, 0.3) is 0 Å². The summed E-state index contributed by atoms with van der Waals surface area (Å²) in [5.74, 6) is 0.937. The molecule has 2 aromatic heterocycles. The number of amides is 1. The Morgan fingerprint density at radius 1 is 1.15 bits per heavy atom. The van der Waals surface area contributed by atoms with Crippen molar-refractivity contribution in [2.24, 2.45) is 0 Å². The summed E-state index contributed by atoms with van der Waals surface area (Å²) in [6, 6.07) is 5.79. The first-order valence-electron chi connectivity index (χ1n) is 9.42.